The van der Waals surface area contributed by atoms with E-state index >= 15 is 0 Å². The fourth-order valence-electron chi connectivity index (χ4n) is 2.14. The van der Waals surface area contributed by atoms with E-state index < -0.39 is 29.2 Å². The molecule has 1 heterocycles. The van der Waals surface area contributed by atoms with Crippen molar-refractivity contribution in [2.75, 3.05) is 11.9 Å². The van der Waals surface area contributed by atoms with Crippen molar-refractivity contribution in [2.45, 2.75) is 32.6 Å². The lowest BCUT2D eigenvalue weighted by molar-refractivity contribution is 0.408. The second kappa shape index (κ2) is 4.74. The van der Waals surface area contributed by atoms with Crippen LogP contribution in [0.15, 0.2) is 0 Å². The van der Waals surface area contributed by atoms with Crippen LogP contribution in [-0.2, 0) is 0 Å². The smallest absolute Gasteiger partial charge is 0.253 e. The van der Waals surface area contributed by atoms with E-state index in [1.165, 1.54) is 0 Å². The molecule has 1 aliphatic carbocycles. The molecule has 2 nitrogen and oxygen atoms in total. The second-order valence-electron chi connectivity index (χ2n) is 4.80. The third-order valence-corrected chi connectivity index (χ3v) is 3.38. The molecule has 6 heteroatoms. The van der Waals surface area contributed by atoms with Crippen molar-refractivity contribution in [3.63, 3.8) is 0 Å². The normalized spacial score (nSPS) is 16.7. The Balaban J connectivity index is 2.14. The van der Waals surface area contributed by atoms with Gasteiger partial charge in [0.05, 0.1) is 0 Å². The molecule has 100 valence electrons. The van der Waals surface area contributed by atoms with Gasteiger partial charge in [-0.1, -0.05) is 13.3 Å². The maximum Gasteiger partial charge on any atom is 0.253 e. The highest BCUT2D eigenvalue weighted by Gasteiger charge is 2.41. The van der Waals surface area contributed by atoms with Crippen LogP contribution in [0.5, 0.6) is 0 Å². The number of pyridine rings is 1. The molecule has 0 amide bonds. The minimum atomic E-state index is -1.63. The van der Waals surface area contributed by atoms with Crippen molar-refractivity contribution >= 4 is 5.69 Å². The lowest BCUT2D eigenvalue weighted by Gasteiger charge is -2.16. The lowest BCUT2D eigenvalue weighted by atomic mass is 10.0. The van der Waals surface area contributed by atoms with Crippen molar-refractivity contribution in [3.8, 4) is 0 Å². The molecule has 1 fully saturated rings. The number of hydrogen-bond donors (Lipinski definition) is 1. The van der Waals surface area contributed by atoms with Gasteiger partial charge in [-0.05, 0) is 24.7 Å². The minimum Gasteiger partial charge on any atom is -0.379 e. The summed E-state index contributed by atoms with van der Waals surface area (Å²) in [6.07, 6.45) is 3.82. The van der Waals surface area contributed by atoms with Gasteiger partial charge in [0.25, 0.3) is 11.9 Å². The first-order valence-electron chi connectivity index (χ1n) is 5.93. The summed E-state index contributed by atoms with van der Waals surface area (Å²) in [6, 6.07) is 0. The molecule has 2 rings (SSSR count). The highest BCUT2D eigenvalue weighted by molar-refractivity contribution is 5.45. The number of halogens is 4. The molecule has 0 aliphatic heterocycles. The molecule has 0 radical (unpaired) electrons. The molecule has 0 unspecified atom stereocenters. The number of rotatable bonds is 5. The third kappa shape index (κ3) is 2.42. The second-order valence-corrected chi connectivity index (χ2v) is 4.80. The summed E-state index contributed by atoms with van der Waals surface area (Å²) in [5, 5.41) is 2.48. The van der Waals surface area contributed by atoms with Gasteiger partial charge in [0.15, 0.2) is 0 Å². The van der Waals surface area contributed by atoms with Crippen LogP contribution in [0.25, 0.3) is 0 Å². The summed E-state index contributed by atoms with van der Waals surface area (Å²) >= 11 is 0. The molecule has 0 spiro atoms. The summed E-state index contributed by atoms with van der Waals surface area (Å²) in [5.74, 6) is -6.20. The van der Waals surface area contributed by atoms with Crippen LogP contribution in [0.4, 0.5) is 23.2 Å². The molecule has 1 N–H and O–H groups in total. The number of aromatic nitrogens is 1. The Kier molecular flexibility index (Phi) is 3.45. The maximum absolute atomic E-state index is 13.3. The first-order chi connectivity index (χ1) is 8.49. The Hall–Kier alpha value is -1.33. The molecule has 0 atom stereocenters. The van der Waals surface area contributed by atoms with E-state index in [2.05, 4.69) is 10.3 Å². The Morgan fingerprint density at radius 1 is 1.11 bits per heavy atom. The van der Waals surface area contributed by atoms with Crippen molar-refractivity contribution < 1.29 is 17.6 Å². The number of hydrogen-bond acceptors (Lipinski definition) is 2. The Morgan fingerprint density at radius 2 is 1.67 bits per heavy atom. The van der Waals surface area contributed by atoms with Gasteiger partial charge in [-0.25, -0.2) is 0 Å². The summed E-state index contributed by atoms with van der Waals surface area (Å²) < 4.78 is 52.4. The molecule has 1 saturated carbocycles. The Labute approximate surface area is 102 Å². The van der Waals surface area contributed by atoms with Crippen LogP contribution in [0.3, 0.4) is 0 Å². The molecule has 1 aromatic heterocycles. The first-order valence-corrected chi connectivity index (χ1v) is 5.93. The third-order valence-electron chi connectivity index (χ3n) is 3.38. The van der Waals surface area contributed by atoms with Gasteiger partial charge in [-0.15, -0.1) is 0 Å². The predicted molar refractivity (Wildman–Crippen MR) is 59.1 cm³/mol. The van der Waals surface area contributed by atoms with Gasteiger partial charge in [-0.3, -0.25) is 0 Å². The Morgan fingerprint density at radius 3 is 2.11 bits per heavy atom. The van der Waals surface area contributed by atoms with Gasteiger partial charge in [0.2, 0.25) is 11.6 Å². The monoisotopic (exact) mass is 262 g/mol. The standard InChI is InChI=1S/C12H14F4N2/c1-2-3-12(4-5-12)6-17-9-7(13)10(15)18-11(16)8(9)14/h2-6H2,1H3,(H,17,18). The molecule has 0 bridgehead atoms. The fourth-order valence-corrected chi connectivity index (χ4v) is 2.14. The average Bonchev–Trinajstić information content (AvgIpc) is 3.07. The van der Waals surface area contributed by atoms with Gasteiger partial charge >= 0.3 is 0 Å². The maximum atomic E-state index is 13.3. The molecule has 1 aromatic rings. The van der Waals surface area contributed by atoms with Gasteiger partial charge in [0.1, 0.15) is 5.69 Å². The molecule has 0 aromatic carbocycles. The highest BCUT2D eigenvalue weighted by Crippen LogP contribution is 2.49. The van der Waals surface area contributed by atoms with E-state index in [1.807, 2.05) is 6.92 Å². The summed E-state index contributed by atoms with van der Waals surface area (Å²) in [5.41, 5.74) is -0.744. The summed E-state index contributed by atoms with van der Waals surface area (Å²) in [6.45, 7) is 2.34. The average molecular weight is 262 g/mol. The highest BCUT2D eigenvalue weighted by atomic mass is 19.2. The topological polar surface area (TPSA) is 24.9 Å². The van der Waals surface area contributed by atoms with Gasteiger partial charge in [0, 0.05) is 6.54 Å². The molecule has 0 saturated heterocycles. The number of nitrogens with one attached hydrogen (secondary N) is 1. The lowest BCUT2D eigenvalue weighted by Crippen LogP contribution is -2.18. The van der Waals surface area contributed by atoms with Gasteiger partial charge < -0.3 is 5.32 Å². The molecule has 18 heavy (non-hydrogen) atoms. The summed E-state index contributed by atoms with van der Waals surface area (Å²) in [4.78, 5) is 2.51. The Bertz CT molecular complexity index is 432. The predicted octanol–water partition coefficient (Wildman–Crippen LogP) is 3.63. The van der Waals surface area contributed by atoms with Crippen molar-refractivity contribution in [1.82, 2.24) is 4.98 Å². The van der Waals surface area contributed by atoms with Crippen LogP contribution >= 0.6 is 0 Å². The van der Waals surface area contributed by atoms with E-state index in [-0.39, 0.29) is 5.41 Å². The van der Waals surface area contributed by atoms with Crippen LogP contribution in [0.1, 0.15) is 32.6 Å². The molecular formula is C12H14F4N2. The SMILES string of the molecule is CCCC1(CNc2c(F)c(F)nc(F)c2F)CC1. The van der Waals surface area contributed by atoms with Crippen LogP contribution in [0, 0.1) is 28.9 Å². The van der Waals surface area contributed by atoms with Crippen LogP contribution < -0.4 is 5.32 Å². The van der Waals surface area contributed by atoms with Crippen LogP contribution in [-0.4, -0.2) is 11.5 Å². The van der Waals surface area contributed by atoms with Crippen LogP contribution in [0.2, 0.25) is 0 Å². The molecular weight excluding hydrogens is 248 g/mol. The zero-order chi connectivity index (χ0) is 13.3. The van der Waals surface area contributed by atoms with Crippen molar-refractivity contribution in [2.24, 2.45) is 5.41 Å². The minimum absolute atomic E-state index is 0.0177. The first kappa shape index (κ1) is 13.1. The zero-order valence-electron chi connectivity index (χ0n) is 9.99. The van der Waals surface area contributed by atoms with E-state index in [1.54, 1.807) is 0 Å². The molecule has 1 aliphatic rings. The number of anilines is 1. The van der Waals surface area contributed by atoms with E-state index in [0.29, 0.717) is 6.54 Å². The van der Waals surface area contributed by atoms with E-state index in [4.69, 9.17) is 0 Å². The fraction of sp³-hybridized carbons (Fsp3) is 0.583. The zero-order valence-corrected chi connectivity index (χ0v) is 9.99. The quantitative estimate of drug-likeness (QED) is 0.647. The van der Waals surface area contributed by atoms with Gasteiger partial charge in [-0.2, -0.15) is 22.5 Å². The van der Waals surface area contributed by atoms with E-state index in [0.717, 1.165) is 25.7 Å². The largest absolute Gasteiger partial charge is 0.379 e. The summed E-state index contributed by atoms with van der Waals surface area (Å²) in [7, 11) is 0. The number of nitrogens with zero attached hydrogens (tertiary/aromatic N) is 1. The van der Waals surface area contributed by atoms with E-state index in [9.17, 15) is 17.6 Å². The van der Waals surface area contributed by atoms with Crippen molar-refractivity contribution in [1.29, 1.82) is 0 Å². The van der Waals surface area contributed by atoms with Crippen molar-refractivity contribution in [3.05, 3.63) is 23.5 Å².